The predicted octanol–water partition coefficient (Wildman–Crippen LogP) is 4.15. The lowest BCUT2D eigenvalue weighted by Crippen LogP contribution is -2.22. The van der Waals surface area contributed by atoms with Gasteiger partial charge in [0, 0.05) is 11.9 Å². The molecule has 0 radical (unpaired) electrons. The Kier molecular flexibility index (Phi) is 5.20. The Bertz CT molecular complexity index is 694. The molecule has 0 aliphatic rings. The molecule has 0 spiro atoms. The van der Waals surface area contributed by atoms with Crippen molar-refractivity contribution in [2.75, 3.05) is 6.61 Å². The maximum absolute atomic E-state index is 12.6. The van der Waals surface area contributed by atoms with Crippen LogP contribution in [0.1, 0.15) is 33.6 Å². The molecule has 1 heterocycles. The molecule has 21 heavy (non-hydrogen) atoms. The summed E-state index contributed by atoms with van der Waals surface area (Å²) >= 11 is 0. The van der Waals surface area contributed by atoms with E-state index in [2.05, 4.69) is 6.92 Å². The molecule has 0 N–H and O–H groups in total. The smallest absolute Gasteiger partial charge is 0.293 e. The summed E-state index contributed by atoms with van der Waals surface area (Å²) in [5.74, 6) is 0.433. The van der Waals surface area contributed by atoms with Crippen molar-refractivity contribution >= 4 is 10.9 Å². The zero-order valence-corrected chi connectivity index (χ0v) is 13.1. The second-order valence-corrected chi connectivity index (χ2v) is 5.47. The van der Waals surface area contributed by atoms with Gasteiger partial charge in [0.1, 0.15) is 6.61 Å². The first-order chi connectivity index (χ1) is 10.1. The number of nitrogens with zero attached hydrogens (tertiary/aromatic N) is 1. The highest BCUT2D eigenvalue weighted by atomic mass is 16.5. The van der Waals surface area contributed by atoms with E-state index in [4.69, 9.17) is 4.74 Å². The summed E-state index contributed by atoms with van der Waals surface area (Å²) in [4.78, 5) is 12.6. The molecule has 0 aliphatic carbocycles. The number of unbranched alkanes of at least 4 members (excludes halogenated alkanes) is 1. The zero-order chi connectivity index (χ0) is 15.2. The van der Waals surface area contributed by atoms with Gasteiger partial charge in [0.05, 0.1) is 5.52 Å². The number of fused-ring (bicyclic) bond motifs is 1. The molecule has 0 saturated heterocycles. The van der Waals surface area contributed by atoms with Crippen LogP contribution in [0.4, 0.5) is 0 Å². The molecule has 112 valence electrons. The number of allylic oxidation sites excluding steroid dienone is 1. The summed E-state index contributed by atoms with van der Waals surface area (Å²) in [6.45, 7) is 7.33. The summed E-state index contributed by atoms with van der Waals surface area (Å²) in [5.41, 5.74) is 2.12. The summed E-state index contributed by atoms with van der Waals surface area (Å²) in [6.07, 6.45) is 4.02. The molecule has 1 aromatic heterocycles. The lowest BCUT2D eigenvalue weighted by molar-refractivity contribution is 0.353. The maximum atomic E-state index is 12.6. The minimum Gasteiger partial charge on any atom is -0.484 e. The van der Waals surface area contributed by atoms with Crippen LogP contribution in [-0.2, 0) is 6.54 Å². The standard InChI is InChI=1S/C18H23NO2/c1-4-5-11-19-16-9-7-6-8-15(16)13-17(18(19)20)21-12-10-14(2)3/h6-10,13H,4-5,11-12H2,1-3H3. The van der Waals surface area contributed by atoms with E-state index in [1.54, 1.807) is 0 Å². The molecule has 3 nitrogen and oxygen atoms in total. The van der Waals surface area contributed by atoms with Gasteiger partial charge in [-0.25, -0.2) is 0 Å². The van der Waals surface area contributed by atoms with Gasteiger partial charge in [-0.2, -0.15) is 0 Å². The third kappa shape index (κ3) is 3.75. The van der Waals surface area contributed by atoms with Crippen LogP contribution in [-0.4, -0.2) is 11.2 Å². The third-order valence-electron chi connectivity index (χ3n) is 3.44. The average molecular weight is 285 g/mol. The van der Waals surface area contributed by atoms with E-state index in [1.165, 1.54) is 5.57 Å². The molecule has 0 aliphatic heterocycles. The summed E-state index contributed by atoms with van der Waals surface area (Å²) in [7, 11) is 0. The van der Waals surface area contributed by atoms with Crippen LogP contribution in [0.25, 0.3) is 10.9 Å². The van der Waals surface area contributed by atoms with E-state index in [1.807, 2.05) is 54.8 Å². The van der Waals surface area contributed by atoms with E-state index >= 15 is 0 Å². The Morgan fingerprint density at radius 3 is 2.76 bits per heavy atom. The maximum Gasteiger partial charge on any atom is 0.293 e. The quantitative estimate of drug-likeness (QED) is 0.747. The van der Waals surface area contributed by atoms with Gasteiger partial charge in [0.25, 0.3) is 5.56 Å². The summed E-state index contributed by atoms with van der Waals surface area (Å²) in [6, 6.07) is 9.81. The van der Waals surface area contributed by atoms with Crippen LogP contribution in [0.2, 0.25) is 0 Å². The van der Waals surface area contributed by atoms with E-state index in [-0.39, 0.29) is 5.56 Å². The normalized spacial score (nSPS) is 10.6. The second kappa shape index (κ2) is 7.11. The molecule has 0 fully saturated rings. The van der Waals surface area contributed by atoms with Crippen LogP contribution >= 0.6 is 0 Å². The number of aromatic nitrogens is 1. The van der Waals surface area contributed by atoms with E-state index in [0.717, 1.165) is 30.3 Å². The van der Waals surface area contributed by atoms with Gasteiger partial charge in [-0.05, 0) is 38.5 Å². The lowest BCUT2D eigenvalue weighted by Gasteiger charge is -2.12. The lowest BCUT2D eigenvalue weighted by atomic mass is 10.2. The number of hydrogen-bond acceptors (Lipinski definition) is 2. The van der Waals surface area contributed by atoms with Crippen LogP contribution in [0.3, 0.4) is 0 Å². The van der Waals surface area contributed by atoms with Crippen molar-refractivity contribution in [2.24, 2.45) is 0 Å². The van der Waals surface area contributed by atoms with Crippen molar-refractivity contribution in [3.63, 3.8) is 0 Å². The molecule has 0 unspecified atom stereocenters. The van der Waals surface area contributed by atoms with Crippen molar-refractivity contribution in [1.29, 1.82) is 0 Å². The predicted molar refractivity (Wildman–Crippen MR) is 88.0 cm³/mol. The Morgan fingerprint density at radius 1 is 1.29 bits per heavy atom. The zero-order valence-electron chi connectivity index (χ0n) is 13.1. The largest absolute Gasteiger partial charge is 0.484 e. The number of ether oxygens (including phenoxy) is 1. The first kappa shape index (κ1) is 15.4. The molecular weight excluding hydrogens is 262 g/mol. The molecule has 0 amide bonds. The number of aryl methyl sites for hydroxylation is 1. The highest BCUT2D eigenvalue weighted by Gasteiger charge is 2.09. The fourth-order valence-electron chi connectivity index (χ4n) is 2.24. The third-order valence-corrected chi connectivity index (χ3v) is 3.44. The van der Waals surface area contributed by atoms with Crippen molar-refractivity contribution in [1.82, 2.24) is 4.57 Å². The fraction of sp³-hybridized carbons (Fsp3) is 0.389. The SMILES string of the molecule is CCCCn1c(=O)c(OCC=C(C)C)cc2ccccc21. The topological polar surface area (TPSA) is 31.2 Å². The van der Waals surface area contributed by atoms with Crippen molar-refractivity contribution in [2.45, 2.75) is 40.2 Å². The van der Waals surface area contributed by atoms with Crippen molar-refractivity contribution in [3.8, 4) is 5.75 Å². The summed E-state index contributed by atoms with van der Waals surface area (Å²) < 4.78 is 7.50. The monoisotopic (exact) mass is 285 g/mol. The first-order valence-corrected chi connectivity index (χ1v) is 7.52. The van der Waals surface area contributed by atoms with Crippen molar-refractivity contribution < 1.29 is 4.74 Å². The van der Waals surface area contributed by atoms with Gasteiger partial charge in [-0.1, -0.05) is 37.1 Å². The Labute approximate surface area is 125 Å². The van der Waals surface area contributed by atoms with E-state index in [0.29, 0.717) is 12.4 Å². The van der Waals surface area contributed by atoms with Crippen LogP contribution in [0.15, 0.2) is 46.8 Å². The number of benzene rings is 1. The van der Waals surface area contributed by atoms with Gasteiger partial charge < -0.3 is 9.30 Å². The number of rotatable bonds is 6. The molecular formula is C18H23NO2. The van der Waals surface area contributed by atoms with E-state index in [9.17, 15) is 4.79 Å². The first-order valence-electron chi connectivity index (χ1n) is 7.52. The van der Waals surface area contributed by atoms with Gasteiger partial charge in [0.2, 0.25) is 0 Å². The molecule has 2 rings (SSSR count). The molecule has 3 heteroatoms. The fourth-order valence-corrected chi connectivity index (χ4v) is 2.24. The van der Waals surface area contributed by atoms with Crippen LogP contribution < -0.4 is 10.3 Å². The minimum atomic E-state index is -0.0377. The van der Waals surface area contributed by atoms with Crippen molar-refractivity contribution in [3.05, 3.63) is 52.3 Å². The average Bonchev–Trinajstić information content (AvgIpc) is 2.47. The molecule has 1 aromatic carbocycles. The molecule has 0 bridgehead atoms. The Hall–Kier alpha value is -2.03. The molecule has 2 aromatic rings. The van der Waals surface area contributed by atoms with Crippen LogP contribution in [0, 0.1) is 0 Å². The van der Waals surface area contributed by atoms with E-state index < -0.39 is 0 Å². The second-order valence-electron chi connectivity index (χ2n) is 5.47. The Balaban J connectivity index is 2.44. The molecule has 0 atom stereocenters. The number of hydrogen-bond donors (Lipinski definition) is 0. The minimum absolute atomic E-state index is 0.0377. The number of pyridine rings is 1. The highest BCUT2D eigenvalue weighted by molar-refractivity contribution is 5.80. The van der Waals surface area contributed by atoms with Crippen LogP contribution in [0.5, 0.6) is 5.75 Å². The van der Waals surface area contributed by atoms with Gasteiger partial charge >= 0.3 is 0 Å². The van der Waals surface area contributed by atoms with Gasteiger partial charge in [-0.15, -0.1) is 0 Å². The van der Waals surface area contributed by atoms with Gasteiger partial charge in [-0.3, -0.25) is 4.79 Å². The molecule has 0 saturated carbocycles. The summed E-state index contributed by atoms with van der Waals surface area (Å²) in [5, 5.41) is 1.04. The highest BCUT2D eigenvalue weighted by Crippen LogP contribution is 2.17. The Morgan fingerprint density at radius 2 is 2.05 bits per heavy atom. The van der Waals surface area contributed by atoms with Gasteiger partial charge in [0.15, 0.2) is 5.75 Å². The number of para-hydroxylation sites is 1.